The molecule has 0 unspecified atom stereocenters. The van der Waals surface area contributed by atoms with Crippen molar-refractivity contribution >= 4 is 40.3 Å². The van der Waals surface area contributed by atoms with Crippen LogP contribution in [0.3, 0.4) is 0 Å². The molecule has 0 aliphatic carbocycles. The summed E-state index contributed by atoms with van der Waals surface area (Å²) < 4.78 is 26.9. The minimum atomic E-state index is 0.407. The minimum absolute atomic E-state index is 0.407. The van der Waals surface area contributed by atoms with Gasteiger partial charge in [-0.25, -0.2) is 19.9 Å². The summed E-state index contributed by atoms with van der Waals surface area (Å²) in [6, 6.07) is 8.23. The lowest BCUT2D eigenvalue weighted by Crippen LogP contribution is -2.00. The maximum absolute atomic E-state index is 5.09. The highest BCUT2D eigenvalue weighted by Gasteiger charge is 2.06. The Morgan fingerprint density at radius 1 is 0.432 bits per heavy atom. The van der Waals surface area contributed by atoms with E-state index in [1.165, 1.54) is 22.0 Å². The van der Waals surface area contributed by atoms with Gasteiger partial charge in [0, 0.05) is 82.9 Å². The Morgan fingerprint density at radius 3 is 1.06 bits per heavy atom. The van der Waals surface area contributed by atoms with E-state index in [2.05, 4.69) is 197 Å². The van der Waals surface area contributed by atoms with Crippen molar-refractivity contribution in [3.63, 3.8) is 0 Å². The SMILES string of the molecule is CC(C)C1=CCN=C1.CC(C)C1=NCC=C1.CC(C)C1=NCC=C1.CC(C)c1ccco1.CC(C)c1ccco1.CC(C)c1ncco1.CC(C)c1ncco1.CC(C)c1ncco1.CC(C)c1nccs1.CC(C)c1nncs1.CC(C)n1ccnn1. The average Bonchev–Trinajstić information content (AvgIpc) is 4.34. The Balaban J connectivity index is 0.000000484. The van der Waals surface area contributed by atoms with Gasteiger partial charge >= 0.3 is 0 Å². The predicted molar refractivity (Wildman–Crippen MR) is 367 cm³/mol. The molecule has 0 saturated heterocycles. The third kappa shape index (κ3) is 36.8. The average molecular weight is 1250 g/mol. The molecule has 0 fully saturated rings. The van der Waals surface area contributed by atoms with E-state index in [1.807, 2.05) is 89.8 Å². The van der Waals surface area contributed by atoms with E-state index in [4.69, 9.17) is 22.1 Å². The second kappa shape index (κ2) is 46.8. The van der Waals surface area contributed by atoms with E-state index in [0.29, 0.717) is 65.2 Å². The second-order valence-electron chi connectivity index (χ2n) is 23.3. The first-order valence-corrected chi connectivity index (χ1v) is 32.5. The number of oxazole rings is 3. The number of furan rings is 2. The topological polar surface area (TPSA) is 211 Å². The van der Waals surface area contributed by atoms with Gasteiger partial charge in [-0.2, -0.15) is 0 Å². The number of allylic oxidation sites excluding steroid dienone is 3. The molecule has 8 aromatic heterocycles. The van der Waals surface area contributed by atoms with Gasteiger partial charge in [-0.1, -0.05) is 162 Å². The fraction of sp³-hybridized carbons (Fsp3) is 0.522. The van der Waals surface area contributed by atoms with Gasteiger partial charge in [-0.3, -0.25) is 19.7 Å². The molecule has 0 saturated carbocycles. The van der Waals surface area contributed by atoms with Gasteiger partial charge in [0.1, 0.15) is 40.8 Å². The molecule has 19 heteroatoms. The van der Waals surface area contributed by atoms with Crippen molar-refractivity contribution in [3.05, 3.63) is 179 Å². The van der Waals surface area contributed by atoms with Gasteiger partial charge in [0.2, 0.25) is 0 Å². The quantitative estimate of drug-likeness (QED) is 0.118. The molecule has 0 aromatic carbocycles. The summed E-state index contributed by atoms with van der Waals surface area (Å²) in [6.45, 7) is 49.1. The second-order valence-corrected chi connectivity index (χ2v) is 25.1. The van der Waals surface area contributed by atoms with Crippen LogP contribution in [0.4, 0.5) is 0 Å². The highest BCUT2D eigenvalue weighted by Crippen LogP contribution is 2.18. The fourth-order valence-electron chi connectivity index (χ4n) is 6.52. The summed E-state index contributed by atoms with van der Waals surface area (Å²) in [7, 11) is 0. The summed E-state index contributed by atoms with van der Waals surface area (Å²) in [4.78, 5) is 28.5. The fourth-order valence-corrected chi connectivity index (χ4v) is 7.74. The van der Waals surface area contributed by atoms with Crippen LogP contribution in [0, 0.1) is 17.8 Å². The number of aliphatic imine (C=N–C) groups is 3. The summed E-state index contributed by atoms with van der Waals surface area (Å²) >= 11 is 3.33. The van der Waals surface area contributed by atoms with Crippen LogP contribution >= 0.6 is 22.7 Å². The lowest BCUT2D eigenvalue weighted by Gasteiger charge is -2.00. The molecule has 8 aromatic rings. The summed E-state index contributed by atoms with van der Waals surface area (Å²) in [6.07, 6.45) is 31.1. The van der Waals surface area contributed by atoms with E-state index >= 15 is 0 Å². The van der Waals surface area contributed by atoms with E-state index in [0.717, 1.165) is 53.8 Å². The number of nitrogens with zero attached hydrogens (tertiary/aromatic N) is 12. The van der Waals surface area contributed by atoms with Gasteiger partial charge in [-0.15, -0.1) is 38.0 Å². The van der Waals surface area contributed by atoms with Crippen LogP contribution in [0.2, 0.25) is 0 Å². The normalized spacial score (nSPS) is 12.4. The zero-order valence-electron chi connectivity index (χ0n) is 57.0. The molecule has 3 aliphatic rings. The first kappa shape index (κ1) is 78.8. The number of thiazole rings is 1. The van der Waals surface area contributed by atoms with Crippen LogP contribution in [0.15, 0.2) is 177 Å². The molecular formula is C69H106N12O5S2. The third-order valence-corrected chi connectivity index (χ3v) is 13.8. The van der Waals surface area contributed by atoms with E-state index < -0.39 is 0 Å². The monoisotopic (exact) mass is 1250 g/mol. The number of hydrogen-bond acceptors (Lipinski definition) is 18. The molecule has 484 valence electrons. The largest absolute Gasteiger partial charge is 0.469 e. The molecule has 0 spiro atoms. The molecule has 88 heavy (non-hydrogen) atoms. The zero-order chi connectivity index (χ0) is 65.8. The van der Waals surface area contributed by atoms with Crippen molar-refractivity contribution in [2.24, 2.45) is 32.7 Å². The zero-order valence-corrected chi connectivity index (χ0v) is 58.6. The van der Waals surface area contributed by atoms with Crippen molar-refractivity contribution < 1.29 is 22.1 Å². The Hall–Kier alpha value is -7.25. The Kier molecular flexibility index (Phi) is 41.9. The Morgan fingerprint density at radius 2 is 0.898 bits per heavy atom. The van der Waals surface area contributed by atoms with Crippen molar-refractivity contribution in [1.82, 2.24) is 45.1 Å². The molecule has 0 N–H and O–H groups in total. The van der Waals surface area contributed by atoms with Crippen molar-refractivity contribution in [1.29, 1.82) is 0 Å². The summed E-state index contributed by atoms with van der Waals surface area (Å²) in [5, 5.41) is 19.4. The highest BCUT2D eigenvalue weighted by atomic mass is 32.1. The lowest BCUT2D eigenvalue weighted by molar-refractivity contribution is 0.471. The van der Waals surface area contributed by atoms with Crippen LogP contribution in [-0.2, 0) is 0 Å². The first-order chi connectivity index (χ1) is 41.8. The van der Waals surface area contributed by atoms with Crippen molar-refractivity contribution in [2.45, 2.75) is 200 Å². The molecule has 3 aliphatic heterocycles. The first-order valence-electron chi connectivity index (χ1n) is 30.7. The van der Waals surface area contributed by atoms with Crippen LogP contribution in [-0.4, -0.2) is 82.4 Å². The Bertz CT molecular complexity index is 2420. The van der Waals surface area contributed by atoms with Gasteiger partial charge < -0.3 is 22.1 Å². The maximum Gasteiger partial charge on any atom is 0.196 e. The molecule has 0 bridgehead atoms. The van der Waals surface area contributed by atoms with Gasteiger partial charge in [0.05, 0.1) is 62.0 Å². The molecule has 0 amide bonds. The lowest BCUT2D eigenvalue weighted by atomic mass is 10.1. The molecule has 0 atom stereocenters. The highest BCUT2D eigenvalue weighted by molar-refractivity contribution is 7.09. The molecule has 17 nitrogen and oxygen atoms in total. The summed E-state index contributed by atoms with van der Waals surface area (Å²) in [5.41, 5.74) is 5.62. The minimum Gasteiger partial charge on any atom is -0.469 e. The predicted octanol–water partition coefficient (Wildman–Crippen LogP) is 19.9. The number of rotatable bonds is 11. The van der Waals surface area contributed by atoms with Gasteiger partial charge in [0.15, 0.2) is 17.7 Å². The third-order valence-electron chi connectivity index (χ3n) is 11.7. The van der Waals surface area contributed by atoms with Crippen molar-refractivity contribution in [3.8, 4) is 0 Å². The standard InChI is InChI=1S/3C7H11N.2C7H10O.3C6H9NO.C6H9NS.C5H9N3.C5H8N2S/c1-6(2)7-3-4-8-5-7;4*1-6(2)7-4-3-5-8-7;4*1-5(2)6-7-3-4-8-6;1-5(2)8-4-3-6-7-8;1-4(2)5-7-6-3-8-5/h3,5-6H,4H2,1-2H3;2*3-4,6H,5H2,1-2H3;2*3-6H,1-2H3;5*3-5H,1-2H3;3-4H,1-2H3. The van der Waals surface area contributed by atoms with Crippen LogP contribution < -0.4 is 0 Å². The number of aromatic nitrogens is 9. The molecule has 11 rings (SSSR count). The van der Waals surface area contributed by atoms with Crippen LogP contribution in [0.1, 0.15) is 239 Å². The van der Waals surface area contributed by atoms with E-state index in [1.54, 1.807) is 89.0 Å². The van der Waals surface area contributed by atoms with E-state index in [9.17, 15) is 0 Å². The maximum atomic E-state index is 5.09. The smallest absolute Gasteiger partial charge is 0.196 e. The Labute approximate surface area is 535 Å². The number of hydrogen-bond donors (Lipinski definition) is 0. The molecular weight excluding hydrogens is 1140 g/mol. The van der Waals surface area contributed by atoms with Crippen molar-refractivity contribution in [2.75, 3.05) is 19.6 Å². The van der Waals surface area contributed by atoms with E-state index in [-0.39, 0.29) is 0 Å². The van der Waals surface area contributed by atoms with Gasteiger partial charge in [-0.05, 0) is 73.6 Å². The summed E-state index contributed by atoms with van der Waals surface area (Å²) in [5.74, 6) is 9.80. The molecule has 11 heterocycles. The van der Waals surface area contributed by atoms with Crippen LogP contribution in [0.25, 0.3) is 0 Å². The van der Waals surface area contributed by atoms with Crippen LogP contribution in [0.5, 0.6) is 0 Å². The molecule has 0 radical (unpaired) electrons. The van der Waals surface area contributed by atoms with Gasteiger partial charge in [0.25, 0.3) is 0 Å².